The van der Waals surface area contributed by atoms with Gasteiger partial charge in [0, 0.05) is 12.1 Å². The predicted octanol–water partition coefficient (Wildman–Crippen LogP) is 2.95. The lowest BCUT2D eigenvalue weighted by atomic mass is 9.98. The molecule has 0 bridgehead atoms. The first kappa shape index (κ1) is 15.4. The monoisotopic (exact) mass is 306 g/mol. The fourth-order valence-electron chi connectivity index (χ4n) is 2.75. The van der Waals surface area contributed by atoms with Gasteiger partial charge in [0.25, 0.3) is 0 Å². The van der Waals surface area contributed by atoms with Crippen LogP contribution >= 0.6 is 23.2 Å². The molecule has 2 aliphatic rings. The van der Waals surface area contributed by atoms with Gasteiger partial charge in [-0.05, 0) is 53.1 Å². The van der Waals surface area contributed by atoms with Gasteiger partial charge in [0.2, 0.25) is 5.91 Å². The van der Waals surface area contributed by atoms with Gasteiger partial charge in [-0.2, -0.15) is 0 Å². The number of hydrogen-bond acceptors (Lipinski definition) is 2. The second kappa shape index (κ2) is 5.09. The Morgan fingerprint density at radius 3 is 2.26 bits per heavy atom. The van der Waals surface area contributed by atoms with E-state index in [-0.39, 0.29) is 11.4 Å². The Balaban J connectivity index is 1.86. The van der Waals surface area contributed by atoms with Gasteiger partial charge in [-0.25, -0.2) is 0 Å². The molecule has 0 spiro atoms. The molecule has 0 radical (unpaired) electrons. The number of carbonyl (C=O) groups excluding carboxylic acids is 1. The number of likely N-dealkylation sites (tertiary alicyclic amines) is 1. The summed E-state index contributed by atoms with van der Waals surface area (Å²) in [7, 11) is 0. The molecule has 2 rings (SSSR count). The predicted molar refractivity (Wildman–Crippen MR) is 79.7 cm³/mol. The molecule has 1 aliphatic carbocycles. The fraction of sp³-hybridized carbons (Fsp3) is 0.929. The number of piperidine rings is 1. The number of carbonyl (C=O) groups is 1. The zero-order chi connectivity index (χ0) is 14.3. The molecule has 1 aliphatic heterocycles. The van der Waals surface area contributed by atoms with Crippen LogP contribution < -0.4 is 5.32 Å². The van der Waals surface area contributed by atoms with Gasteiger partial charge in [-0.15, -0.1) is 23.2 Å². The minimum absolute atomic E-state index is 0.0113. The molecule has 3 nitrogen and oxygen atoms in total. The van der Waals surface area contributed by atoms with Crippen molar-refractivity contribution in [2.24, 2.45) is 5.41 Å². The first-order chi connectivity index (χ1) is 8.69. The lowest BCUT2D eigenvalue weighted by molar-refractivity contribution is -0.126. The third-order valence-corrected chi connectivity index (χ3v) is 5.75. The molecule has 19 heavy (non-hydrogen) atoms. The Kier molecular flexibility index (Phi) is 4.12. The van der Waals surface area contributed by atoms with Gasteiger partial charge in [0.05, 0.1) is 5.41 Å². The van der Waals surface area contributed by atoms with Crippen LogP contribution in [0, 0.1) is 5.41 Å². The summed E-state index contributed by atoms with van der Waals surface area (Å²) in [5, 5.41) is 3.03. The van der Waals surface area contributed by atoms with Gasteiger partial charge in [-0.3, -0.25) is 9.69 Å². The maximum Gasteiger partial charge on any atom is 0.229 e. The van der Waals surface area contributed by atoms with E-state index in [0.717, 1.165) is 13.1 Å². The second-order valence-corrected chi connectivity index (χ2v) is 8.24. The number of alkyl halides is 2. The highest BCUT2D eigenvalue weighted by atomic mass is 35.5. The lowest BCUT2D eigenvalue weighted by Gasteiger charge is -2.41. The van der Waals surface area contributed by atoms with Crippen LogP contribution in [0.15, 0.2) is 0 Å². The van der Waals surface area contributed by atoms with E-state index in [2.05, 4.69) is 24.1 Å². The number of hydrogen-bond donors (Lipinski definition) is 1. The molecule has 1 unspecified atom stereocenters. The van der Waals surface area contributed by atoms with Crippen molar-refractivity contribution in [3.05, 3.63) is 0 Å². The minimum atomic E-state index is -0.883. The SMILES string of the molecule is CC(C)(CNC(=O)C1(C)CC1(Cl)Cl)N1CCCCC1. The molecule has 1 heterocycles. The van der Waals surface area contributed by atoms with Crippen molar-refractivity contribution in [3.8, 4) is 0 Å². The van der Waals surface area contributed by atoms with Crippen LogP contribution in [-0.2, 0) is 4.79 Å². The largest absolute Gasteiger partial charge is 0.354 e. The molecule has 1 saturated heterocycles. The Morgan fingerprint density at radius 1 is 1.26 bits per heavy atom. The number of nitrogens with one attached hydrogen (secondary N) is 1. The summed E-state index contributed by atoms with van der Waals surface area (Å²) < 4.78 is -0.883. The Bertz CT molecular complexity index is 364. The third-order valence-electron chi connectivity index (χ3n) is 4.65. The summed E-state index contributed by atoms with van der Waals surface area (Å²) in [4.78, 5) is 14.6. The standard InChI is InChI=1S/C14H24Cl2N2O/c1-12(2,18-7-5-4-6-8-18)10-17-11(19)13(3)9-14(13,15)16/h4-10H2,1-3H3,(H,17,19). The Labute approximate surface area is 126 Å². The van der Waals surface area contributed by atoms with E-state index in [1.165, 1.54) is 19.3 Å². The Morgan fingerprint density at radius 2 is 1.79 bits per heavy atom. The van der Waals surface area contributed by atoms with E-state index in [1.54, 1.807) is 0 Å². The maximum absolute atomic E-state index is 12.2. The van der Waals surface area contributed by atoms with Crippen molar-refractivity contribution in [2.75, 3.05) is 19.6 Å². The maximum atomic E-state index is 12.2. The first-order valence-electron chi connectivity index (χ1n) is 7.10. The van der Waals surface area contributed by atoms with Crippen molar-refractivity contribution in [1.29, 1.82) is 0 Å². The van der Waals surface area contributed by atoms with Crippen molar-refractivity contribution in [1.82, 2.24) is 10.2 Å². The minimum Gasteiger partial charge on any atom is -0.354 e. The molecule has 5 heteroatoms. The molecule has 1 amide bonds. The lowest BCUT2D eigenvalue weighted by Crippen LogP contribution is -2.54. The average molecular weight is 307 g/mol. The van der Waals surface area contributed by atoms with Gasteiger partial charge < -0.3 is 5.32 Å². The highest BCUT2D eigenvalue weighted by Crippen LogP contribution is 2.63. The normalized spacial score (nSPS) is 31.0. The summed E-state index contributed by atoms with van der Waals surface area (Å²) in [5.41, 5.74) is -0.628. The van der Waals surface area contributed by atoms with Crippen molar-refractivity contribution in [2.45, 2.75) is 56.3 Å². The van der Waals surface area contributed by atoms with Crippen LogP contribution in [0.2, 0.25) is 0 Å². The van der Waals surface area contributed by atoms with E-state index in [4.69, 9.17) is 23.2 Å². The van der Waals surface area contributed by atoms with Crippen LogP contribution in [0.5, 0.6) is 0 Å². The zero-order valence-electron chi connectivity index (χ0n) is 12.1. The van der Waals surface area contributed by atoms with Gasteiger partial charge in [0.1, 0.15) is 4.33 Å². The molecule has 1 atom stereocenters. The molecular weight excluding hydrogens is 283 g/mol. The molecular formula is C14H24Cl2N2O. The molecule has 2 fully saturated rings. The number of amides is 1. The molecule has 110 valence electrons. The number of nitrogens with zero attached hydrogens (tertiary/aromatic N) is 1. The van der Waals surface area contributed by atoms with Gasteiger partial charge >= 0.3 is 0 Å². The van der Waals surface area contributed by atoms with Gasteiger partial charge in [0.15, 0.2) is 0 Å². The number of halogens is 2. The van der Waals surface area contributed by atoms with Crippen molar-refractivity contribution >= 4 is 29.1 Å². The third kappa shape index (κ3) is 3.03. The van der Waals surface area contributed by atoms with Crippen LogP contribution in [0.25, 0.3) is 0 Å². The Hall–Kier alpha value is 0.01000. The summed E-state index contributed by atoms with van der Waals surface area (Å²) in [5.74, 6) is -0.0254. The van der Waals surface area contributed by atoms with E-state index in [1.807, 2.05) is 6.92 Å². The van der Waals surface area contributed by atoms with Crippen LogP contribution in [-0.4, -0.2) is 40.3 Å². The number of rotatable bonds is 4. The van der Waals surface area contributed by atoms with E-state index in [0.29, 0.717) is 13.0 Å². The summed E-state index contributed by atoms with van der Waals surface area (Å²) in [6.45, 7) is 9.08. The van der Waals surface area contributed by atoms with E-state index >= 15 is 0 Å². The van der Waals surface area contributed by atoms with Crippen molar-refractivity contribution < 1.29 is 4.79 Å². The van der Waals surface area contributed by atoms with Gasteiger partial charge in [-0.1, -0.05) is 6.42 Å². The quantitative estimate of drug-likeness (QED) is 0.810. The van der Waals surface area contributed by atoms with Crippen LogP contribution in [0.3, 0.4) is 0 Å². The molecule has 1 saturated carbocycles. The second-order valence-electron chi connectivity index (χ2n) is 6.76. The topological polar surface area (TPSA) is 32.3 Å². The summed E-state index contributed by atoms with van der Waals surface area (Å²) in [6, 6.07) is 0. The zero-order valence-corrected chi connectivity index (χ0v) is 13.6. The highest BCUT2D eigenvalue weighted by molar-refractivity contribution is 6.53. The molecule has 0 aromatic rings. The fourth-order valence-corrected chi connectivity index (χ4v) is 3.46. The first-order valence-corrected chi connectivity index (χ1v) is 7.86. The molecule has 0 aromatic heterocycles. The average Bonchev–Trinajstić information content (AvgIpc) is 2.88. The van der Waals surface area contributed by atoms with E-state index in [9.17, 15) is 4.79 Å². The van der Waals surface area contributed by atoms with Crippen LogP contribution in [0.4, 0.5) is 0 Å². The highest BCUT2D eigenvalue weighted by Gasteiger charge is 2.67. The summed E-state index contributed by atoms with van der Waals surface area (Å²) in [6.07, 6.45) is 4.36. The smallest absolute Gasteiger partial charge is 0.229 e. The molecule has 0 aromatic carbocycles. The molecule has 1 N–H and O–H groups in total. The van der Waals surface area contributed by atoms with Crippen molar-refractivity contribution in [3.63, 3.8) is 0 Å². The van der Waals surface area contributed by atoms with Crippen LogP contribution in [0.1, 0.15) is 46.5 Å². The van der Waals surface area contributed by atoms with E-state index < -0.39 is 9.75 Å². The summed E-state index contributed by atoms with van der Waals surface area (Å²) >= 11 is 12.1.